The standard InChI is InChI=1S/C45H54F2N10O9/c1-3-35(59)49-18-19-52-45(65)56-44(48)51-17-8-14-34(42(63)53-23-31-32(46)21-30(58)22-33(31)47)55-43(64)38(57-24-27-10-5-6-11-28(27)25-57)26-12-7-13-29(20-26)54-36(60)15-9-16-50-37-39(61)40(62)41(37)66-4-2/h5-7,10-13,20-22,34,38,50,58H,3-4,8-9,14-19,23-25H2,1-2H3,(H,49,59)(H,53,63)(H,54,60)(H,55,64)(H4,48,51,52,56,65)/t34-,38?/m1/s1. The lowest BCUT2D eigenvalue weighted by molar-refractivity contribution is -0.132. The van der Waals surface area contributed by atoms with Gasteiger partial charge in [-0.1, -0.05) is 43.3 Å². The SMILES string of the molecule is CCOc1c(NCCCC(=O)Nc2cccc(C(C(=O)N[C@H](CCCN=C(N)NC(=O)NCCNC(=O)CC)C(=O)NCc3c(F)cc(O)cc3F)N3Cc4ccccc4C3)c2)c(=O)c1=O. The number of nitrogens with one attached hydrogen (secondary N) is 7. The Labute approximate surface area is 378 Å². The van der Waals surface area contributed by atoms with Crippen molar-refractivity contribution < 1.29 is 42.6 Å². The highest BCUT2D eigenvalue weighted by atomic mass is 19.1. The number of guanidine groups is 1. The van der Waals surface area contributed by atoms with Crippen molar-refractivity contribution in [1.29, 1.82) is 0 Å². The molecule has 21 heteroatoms. The van der Waals surface area contributed by atoms with Crippen LogP contribution in [0.25, 0.3) is 0 Å². The molecule has 0 saturated carbocycles. The second kappa shape index (κ2) is 24.0. The molecular weight excluding hydrogens is 863 g/mol. The van der Waals surface area contributed by atoms with E-state index >= 15 is 0 Å². The van der Waals surface area contributed by atoms with Crippen molar-refractivity contribution in [2.45, 2.75) is 77.7 Å². The minimum Gasteiger partial charge on any atom is -0.508 e. The molecule has 2 atom stereocenters. The first-order valence-corrected chi connectivity index (χ1v) is 21.5. The molecule has 0 spiro atoms. The highest BCUT2D eigenvalue weighted by Crippen LogP contribution is 2.33. The summed E-state index contributed by atoms with van der Waals surface area (Å²) in [5.41, 5.74) is 6.92. The lowest BCUT2D eigenvalue weighted by atomic mass is 10.0. The lowest BCUT2D eigenvalue weighted by Gasteiger charge is -2.29. The van der Waals surface area contributed by atoms with Crippen LogP contribution < -0.4 is 58.5 Å². The van der Waals surface area contributed by atoms with E-state index in [0.29, 0.717) is 49.3 Å². The summed E-state index contributed by atoms with van der Waals surface area (Å²) < 4.78 is 34.5. The first-order chi connectivity index (χ1) is 31.7. The van der Waals surface area contributed by atoms with Gasteiger partial charge >= 0.3 is 6.03 Å². The molecule has 0 saturated heterocycles. The number of nitrogens with two attached hydrogens (primary N) is 1. The summed E-state index contributed by atoms with van der Waals surface area (Å²) >= 11 is 0. The zero-order chi connectivity index (χ0) is 47.8. The van der Waals surface area contributed by atoms with Crippen molar-refractivity contribution in [3.63, 3.8) is 0 Å². The number of ether oxygens (including phenoxy) is 1. The van der Waals surface area contributed by atoms with E-state index in [-0.39, 0.29) is 81.3 Å². The average molecular weight is 917 g/mol. The molecule has 4 aromatic rings. The predicted octanol–water partition coefficient (Wildman–Crippen LogP) is 2.27. The van der Waals surface area contributed by atoms with E-state index in [1.54, 1.807) is 38.1 Å². The number of amides is 6. The van der Waals surface area contributed by atoms with Gasteiger partial charge in [-0.05, 0) is 55.0 Å². The van der Waals surface area contributed by atoms with Gasteiger partial charge in [0.1, 0.15) is 35.2 Å². The topological polar surface area (TPSA) is 275 Å². The number of hydrogen-bond acceptors (Lipinski definition) is 12. The Morgan fingerprint density at radius 1 is 0.848 bits per heavy atom. The molecule has 1 heterocycles. The van der Waals surface area contributed by atoms with E-state index in [4.69, 9.17) is 10.5 Å². The number of carbonyl (C=O) groups excluding carboxylic acids is 5. The van der Waals surface area contributed by atoms with E-state index in [0.717, 1.165) is 11.1 Å². The van der Waals surface area contributed by atoms with Crippen LogP contribution in [0.4, 0.5) is 25.0 Å². The van der Waals surface area contributed by atoms with Gasteiger partial charge in [0.2, 0.25) is 23.6 Å². The van der Waals surface area contributed by atoms with Crippen molar-refractivity contribution in [2.24, 2.45) is 10.7 Å². The lowest BCUT2D eigenvalue weighted by Crippen LogP contribution is -2.50. The zero-order valence-electron chi connectivity index (χ0n) is 36.6. The molecular formula is C45H54F2N10O9. The molecule has 1 aliphatic rings. The van der Waals surface area contributed by atoms with E-state index in [1.165, 1.54) is 0 Å². The summed E-state index contributed by atoms with van der Waals surface area (Å²) in [6.07, 6.45) is 0.768. The van der Waals surface area contributed by atoms with Crippen molar-refractivity contribution in [2.75, 3.05) is 43.4 Å². The number of benzene rings is 3. The second-order valence-corrected chi connectivity index (χ2v) is 15.2. The number of carbonyl (C=O) groups is 5. The van der Waals surface area contributed by atoms with Crippen LogP contribution in [0.15, 0.2) is 75.2 Å². The minimum atomic E-state index is -1.27. The first-order valence-electron chi connectivity index (χ1n) is 21.5. The predicted molar refractivity (Wildman–Crippen MR) is 241 cm³/mol. The van der Waals surface area contributed by atoms with Crippen molar-refractivity contribution >= 4 is 47.0 Å². The molecule has 10 N–H and O–H groups in total. The fraction of sp³-hybridized carbons (Fsp3) is 0.378. The molecule has 4 aromatic carbocycles. The molecule has 0 radical (unpaired) electrons. The maximum absolute atomic E-state index is 14.6. The third-order valence-electron chi connectivity index (χ3n) is 10.4. The van der Waals surface area contributed by atoms with Crippen LogP contribution in [0.1, 0.15) is 74.2 Å². The molecule has 6 amide bonds. The molecule has 0 aromatic heterocycles. The second-order valence-electron chi connectivity index (χ2n) is 15.2. The number of urea groups is 1. The maximum Gasteiger partial charge on any atom is 0.321 e. The summed E-state index contributed by atoms with van der Waals surface area (Å²) in [6.45, 7) is 4.28. The molecule has 5 rings (SSSR count). The molecule has 1 unspecified atom stereocenters. The molecule has 1 aliphatic heterocycles. The summed E-state index contributed by atoms with van der Waals surface area (Å²) in [5.74, 6) is -4.97. The molecule has 0 fully saturated rings. The van der Waals surface area contributed by atoms with Crippen LogP contribution in [0.3, 0.4) is 0 Å². The van der Waals surface area contributed by atoms with Crippen molar-refractivity contribution in [1.82, 2.24) is 31.5 Å². The molecule has 352 valence electrons. The number of aromatic hydroxyl groups is 1. The molecule has 0 bridgehead atoms. The molecule has 0 aliphatic carbocycles. The van der Waals surface area contributed by atoms with Gasteiger partial charge in [0.05, 0.1) is 6.61 Å². The number of nitrogens with zero attached hydrogens (tertiary/aromatic N) is 2. The number of halogens is 2. The van der Waals surface area contributed by atoms with Gasteiger partial charge in [-0.3, -0.25) is 44.0 Å². The average Bonchev–Trinajstić information content (AvgIpc) is 3.71. The summed E-state index contributed by atoms with van der Waals surface area (Å²) in [6, 6.07) is 12.8. The van der Waals surface area contributed by atoms with Crippen LogP contribution in [0.5, 0.6) is 11.5 Å². The smallest absolute Gasteiger partial charge is 0.321 e. The van der Waals surface area contributed by atoms with E-state index in [9.17, 15) is 47.4 Å². The van der Waals surface area contributed by atoms with Crippen molar-refractivity contribution in [3.8, 4) is 11.5 Å². The Morgan fingerprint density at radius 3 is 2.23 bits per heavy atom. The Balaban J connectivity index is 1.29. The van der Waals surface area contributed by atoms with Gasteiger partial charge in [-0.15, -0.1) is 0 Å². The number of anilines is 2. The van der Waals surface area contributed by atoms with Gasteiger partial charge in [0.15, 0.2) is 11.7 Å². The molecule has 66 heavy (non-hydrogen) atoms. The van der Waals surface area contributed by atoms with Crippen LogP contribution in [-0.2, 0) is 38.8 Å². The Bertz CT molecular complexity index is 2450. The monoisotopic (exact) mass is 916 g/mol. The van der Waals surface area contributed by atoms with Gasteiger partial charge < -0.3 is 47.5 Å². The van der Waals surface area contributed by atoms with Gasteiger partial charge in [0, 0.05) is 82.0 Å². The number of fused-ring (bicyclic) bond motifs is 1. The highest BCUT2D eigenvalue weighted by molar-refractivity contribution is 5.95. The third-order valence-corrected chi connectivity index (χ3v) is 10.4. The number of phenolic OH excluding ortho intramolecular Hbond substituents is 1. The highest BCUT2D eigenvalue weighted by Gasteiger charge is 2.34. The summed E-state index contributed by atoms with van der Waals surface area (Å²) in [4.78, 5) is 94.8. The first kappa shape index (κ1) is 49.6. The van der Waals surface area contributed by atoms with E-state index in [1.807, 2.05) is 29.2 Å². The Kier molecular flexibility index (Phi) is 18.1. The largest absolute Gasteiger partial charge is 0.508 e. The fourth-order valence-corrected chi connectivity index (χ4v) is 7.13. The zero-order valence-corrected chi connectivity index (χ0v) is 36.6. The van der Waals surface area contributed by atoms with Crippen molar-refractivity contribution in [3.05, 3.63) is 115 Å². The van der Waals surface area contributed by atoms with Gasteiger partial charge in [-0.2, -0.15) is 0 Å². The Hall–Kier alpha value is -7.42. The fourth-order valence-electron chi connectivity index (χ4n) is 7.13. The number of phenols is 1. The Morgan fingerprint density at radius 2 is 1.55 bits per heavy atom. The normalized spacial score (nSPS) is 13.2. The number of hydrogen-bond donors (Lipinski definition) is 9. The van der Waals surface area contributed by atoms with Crippen LogP contribution >= 0.6 is 0 Å². The van der Waals surface area contributed by atoms with Gasteiger partial charge in [0.25, 0.3) is 10.9 Å². The van der Waals surface area contributed by atoms with Crippen LogP contribution in [0, 0.1) is 11.6 Å². The van der Waals surface area contributed by atoms with Crippen LogP contribution in [0.2, 0.25) is 0 Å². The van der Waals surface area contributed by atoms with Crippen LogP contribution in [-0.4, -0.2) is 84.5 Å². The minimum absolute atomic E-state index is 0.00776. The maximum atomic E-state index is 14.6. The number of rotatable bonds is 23. The molecule has 19 nitrogen and oxygen atoms in total. The summed E-state index contributed by atoms with van der Waals surface area (Å²) in [5, 5.41) is 28.1. The third kappa shape index (κ3) is 13.8. The quantitative estimate of drug-likeness (QED) is 0.0225. The van der Waals surface area contributed by atoms with E-state index in [2.05, 4.69) is 42.2 Å². The number of aliphatic imine (C=N–C) groups is 1. The van der Waals surface area contributed by atoms with E-state index < -0.39 is 70.3 Å². The summed E-state index contributed by atoms with van der Waals surface area (Å²) in [7, 11) is 0. The van der Waals surface area contributed by atoms with Gasteiger partial charge in [-0.25, -0.2) is 13.6 Å².